The van der Waals surface area contributed by atoms with Crippen molar-refractivity contribution >= 4 is 62.3 Å². The van der Waals surface area contributed by atoms with E-state index in [0.717, 1.165) is 12.1 Å². The summed E-state index contributed by atoms with van der Waals surface area (Å²) >= 11 is 11.3. The minimum Gasteiger partial charge on any atom is -0.494 e. The zero-order valence-corrected chi connectivity index (χ0v) is 16.7. The lowest BCUT2D eigenvalue weighted by molar-refractivity contribution is -0.124. The van der Waals surface area contributed by atoms with Gasteiger partial charge >= 0.3 is 0 Å². The van der Waals surface area contributed by atoms with Crippen LogP contribution in [0.5, 0.6) is 5.75 Å². The zero-order chi connectivity index (χ0) is 21.1. The number of methoxy groups -OCH3 is 1. The zero-order valence-electron chi connectivity index (χ0n) is 14.4. The molecule has 11 nitrogen and oxygen atoms in total. The molecule has 0 saturated carbocycles. The molecule has 0 bridgehead atoms. The van der Waals surface area contributed by atoms with Gasteiger partial charge in [0.05, 0.1) is 24.9 Å². The van der Waals surface area contributed by atoms with Crippen molar-refractivity contribution in [2.75, 3.05) is 17.7 Å². The fraction of sp³-hybridized carbons (Fsp3) is 0.214. The molecule has 0 aliphatic rings. The number of amides is 1. The number of aromatic nitrogens is 3. The molecule has 0 saturated heterocycles. The molecule has 1 heterocycles. The Bertz CT molecular complexity index is 1030. The smallest absolute Gasteiger partial charge is 0.296 e. The van der Waals surface area contributed by atoms with Crippen LogP contribution in [0, 0.1) is 0 Å². The quantitative estimate of drug-likeness (QED) is 0.421. The second-order valence-corrected chi connectivity index (χ2v) is 7.34. The molecule has 0 unspecified atom stereocenters. The topological polar surface area (TPSA) is 160 Å². The molecule has 28 heavy (non-hydrogen) atoms. The highest BCUT2D eigenvalue weighted by Crippen LogP contribution is 2.35. The predicted octanol–water partition coefficient (Wildman–Crippen LogP) is 2.09. The van der Waals surface area contributed by atoms with Crippen molar-refractivity contribution in [2.24, 2.45) is 0 Å². The van der Waals surface area contributed by atoms with Crippen molar-refractivity contribution < 1.29 is 27.3 Å². The maximum atomic E-state index is 11.8. The number of hydrogen-bond acceptors (Lipinski definition) is 9. The molecule has 0 aliphatic heterocycles. The number of carbonyl (C=O) groups excluding carboxylic acids is 2. The highest BCUT2D eigenvalue weighted by Gasteiger charge is 2.22. The first-order valence-corrected chi connectivity index (χ1v) is 9.52. The first kappa shape index (κ1) is 21.8. The van der Waals surface area contributed by atoms with Gasteiger partial charge in [0.2, 0.25) is 22.4 Å². The molecule has 0 radical (unpaired) electrons. The first-order valence-electron chi connectivity index (χ1n) is 7.32. The number of benzene rings is 1. The van der Waals surface area contributed by atoms with E-state index in [0.29, 0.717) is 0 Å². The summed E-state index contributed by atoms with van der Waals surface area (Å²) in [6, 6.07) is 2.11. The van der Waals surface area contributed by atoms with E-state index in [1.165, 1.54) is 14.0 Å². The summed E-state index contributed by atoms with van der Waals surface area (Å²) in [4.78, 5) is 33.3. The average molecular weight is 450 g/mol. The van der Waals surface area contributed by atoms with Crippen LogP contribution in [0.1, 0.15) is 13.3 Å². The number of nitrogens with one attached hydrogen (secondary N) is 2. The van der Waals surface area contributed by atoms with E-state index in [1.54, 1.807) is 0 Å². The lowest BCUT2D eigenvalue weighted by atomic mass is 10.2. The van der Waals surface area contributed by atoms with Crippen LogP contribution >= 0.6 is 23.2 Å². The van der Waals surface area contributed by atoms with Crippen molar-refractivity contribution in [1.82, 2.24) is 15.0 Å². The average Bonchev–Trinajstić information content (AvgIpc) is 2.53. The van der Waals surface area contributed by atoms with Crippen molar-refractivity contribution in [3.63, 3.8) is 0 Å². The van der Waals surface area contributed by atoms with Gasteiger partial charge in [0.15, 0.2) is 0 Å². The van der Waals surface area contributed by atoms with E-state index in [9.17, 15) is 22.6 Å². The Hall–Kier alpha value is -2.54. The van der Waals surface area contributed by atoms with E-state index in [4.69, 9.17) is 27.9 Å². The summed E-state index contributed by atoms with van der Waals surface area (Å²) in [6.07, 6.45) is -0.424. The van der Waals surface area contributed by atoms with Gasteiger partial charge in [-0.15, -0.1) is 0 Å². The Morgan fingerprint density at radius 1 is 1.14 bits per heavy atom. The predicted molar refractivity (Wildman–Crippen MR) is 99.9 cm³/mol. The lowest BCUT2D eigenvalue weighted by Crippen LogP contribution is -2.16. The fourth-order valence-electron chi connectivity index (χ4n) is 2.06. The van der Waals surface area contributed by atoms with Crippen LogP contribution in [0.3, 0.4) is 0 Å². The standard InChI is InChI=1S/C14H13Cl2N5O6S/c1-6(22)3-11(23)17-7-5-10(28(24,25)26)8(4-9(7)27-2)18-14-20-12(15)19-13(16)21-14/h4-5H,3H2,1-2H3,(H,17,23)(H,24,25,26)(H,18,19,20,21). The summed E-state index contributed by atoms with van der Waals surface area (Å²) in [5.74, 6) is -1.26. The summed E-state index contributed by atoms with van der Waals surface area (Å²) in [5.41, 5.74) is -0.277. The normalized spacial score (nSPS) is 11.0. The third-order valence-corrected chi connectivity index (χ3v) is 4.32. The van der Waals surface area contributed by atoms with Crippen LogP contribution in [-0.2, 0) is 19.7 Å². The molecular weight excluding hydrogens is 437 g/mol. The van der Waals surface area contributed by atoms with Crippen LogP contribution in [0.25, 0.3) is 0 Å². The Morgan fingerprint density at radius 3 is 2.25 bits per heavy atom. The van der Waals surface area contributed by atoms with Crippen LogP contribution in [0.2, 0.25) is 10.6 Å². The van der Waals surface area contributed by atoms with Crippen LogP contribution < -0.4 is 15.4 Å². The number of hydrogen-bond donors (Lipinski definition) is 3. The highest BCUT2D eigenvalue weighted by molar-refractivity contribution is 7.86. The molecule has 14 heteroatoms. The maximum Gasteiger partial charge on any atom is 0.296 e. The monoisotopic (exact) mass is 449 g/mol. The van der Waals surface area contributed by atoms with Gasteiger partial charge in [-0.05, 0) is 36.2 Å². The van der Waals surface area contributed by atoms with Crippen molar-refractivity contribution in [3.8, 4) is 5.75 Å². The third-order valence-electron chi connectivity index (χ3n) is 3.09. The Kier molecular flexibility index (Phi) is 6.72. The minimum absolute atomic E-state index is 0.0260. The van der Waals surface area contributed by atoms with Gasteiger partial charge in [0, 0.05) is 6.07 Å². The van der Waals surface area contributed by atoms with Gasteiger partial charge < -0.3 is 15.4 Å². The SMILES string of the molecule is COc1cc(Nc2nc(Cl)nc(Cl)n2)c(S(=O)(=O)O)cc1NC(=O)CC(C)=O. The number of ketones is 1. The fourth-order valence-corrected chi connectivity index (χ4v) is 3.08. The highest BCUT2D eigenvalue weighted by atomic mass is 35.5. The molecule has 0 fully saturated rings. The van der Waals surface area contributed by atoms with E-state index < -0.39 is 33.1 Å². The molecule has 0 aliphatic carbocycles. The Balaban J connectivity index is 2.53. The number of ether oxygens (including phenoxy) is 1. The molecule has 0 spiro atoms. The van der Waals surface area contributed by atoms with Gasteiger partial charge in [-0.3, -0.25) is 14.1 Å². The van der Waals surface area contributed by atoms with Crippen LogP contribution in [0.15, 0.2) is 17.0 Å². The number of carbonyl (C=O) groups is 2. The number of Topliss-reactive ketones (excluding diaryl/α,β-unsaturated/α-hetero) is 1. The van der Waals surface area contributed by atoms with E-state index >= 15 is 0 Å². The van der Waals surface area contributed by atoms with E-state index in [-0.39, 0.29) is 33.6 Å². The number of halogens is 2. The second-order valence-electron chi connectivity index (χ2n) is 5.27. The lowest BCUT2D eigenvalue weighted by Gasteiger charge is -2.15. The van der Waals surface area contributed by atoms with E-state index in [1.807, 2.05) is 0 Å². The Labute approximate surface area is 169 Å². The van der Waals surface area contributed by atoms with Gasteiger partial charge in [-0.2, -0.15) is 23.4 Å². The number of rotatable bonds is 7. The molecule has 2 rings (SSSR count). The molecule has 1 aromatic heterocycles. The molecule has 150 valence electrons. The van der Waals surface area contributed by atoms with Crippen LogP contribution in [0.4, 0.5) is 17.3 Å². The first-order chi connectivity index (χ1) is 13.0. The van der Waals surface area contributed by atoms with Crippen molar-refractivity contribution in [2.45, 2.75) is 18.2 Å². The third kappa shape index (κ3) is 5.73. The molecule has 0 atom stereocenters. The summed E-state index contributed by atoms with van der Waals surface area (Å²) in [5, 5.41) is 4.37. The summed E-state index contributed by atoms with van der Waals surface area (Å²) < 4.78 is 38.3. The molecule has 2 aromatic rings. The van der Waals surface area contributed by atoms with E-state index in [2.05, 4.69) is 25.6 Å². The minimum atomic E-state index is -4.75. The summed E-state index contributed by atoms with van der Waals surface area (Å²) in [7, 11) is -3.49. The number of anilines is 3. The van der Waals surface area contributed by atoms with Gasteiger partial charge in [-0.25, -0.2) is 0 Å². The van der Waals surface area contributed by atoms with Gasteiger partial charge in [0.25, 0.3) is 10.1 Å². The molecule has 1 amide bonds. The second kappa shape index (κ2) is 8.65. The molecule has 1 aromatic carbocycles. The van der Waals surface area contributed by atoms with Crippen molar-refractivity contribution in [1.29, 1.82) is 0 Å². The van der Waals surface area contributed by atoms with Crippen molar-refractivity contribution in [3.05, 3.63) is 22.7 Å². The van der Waals surface area contributed by atoms with Gasteiger partial charge in [0.1, 0.15) is 16.4 Å². The maximum absolute atomic E-state index is 11.8. The molecule has 3 N–H and O–H groups in total. The number of nitrogens with zero attached hydrogens (tertiary/aromatic N) is 3. The van der Waals surface area contributed by atoms with Gasteiger partial charge in [-0.1, -0.05) is 0 Å². The Morgan fingerprint density at radius 2 is 1.75 bits per heavy atom. The molecular formula is C14H13Cl2N5O6S. The summed E-state index contributed by atoms with van der Waals surface area (Å²) in [6.45, 7) is 1.22. The van der Waals surface area contributed by atoms with Crippen LogP contribution in [-0.4, -0.2) is 46.7 Å². The largest absolute Gasteiger partial charge is 0.494 e.